The SMILES string of the molecule is CC(C)(C)OC(=O)N[C@@H]1C(=O)N2C(C(=O)OC(c3ccccc3)c3ccccc3)=C(C(=C3CCNC3=O)c3ccc4c(c3)OC(c3ccccc3)(c3ccccc3)O4)CS[C@H]12. The summed E-state index contributed by atoms with van der Waals surface area (Å²) in [4.78, 5) is 57.5. The Morgan fingerprint density at radius 3 is 1.93 bits per heavy atom. The van der Waals surface area contributed by atoms with Crippen LogP contribution in [0.2, 0.25) is 0 Å². The van der Waals surface area contributed by atoms with Crippen LogP contribution in [0.15, 0.2) is 156 Å². The molecule has 4 aliphatic rings. The van der Waals surface area contributed by atoms with Gasteiger partial charge in [-0.25, -0.2) is 9.59 Å². The molecule has 0 saturated carbocycles. The van der Waals surface area contributed by atoms with E-state index in [1.165, 1.54) is 16.7 Å². The largest absolute Gasteiger partial charge is 0.448 e. The number of rotatable bonds is 9. The van der Waals surface area contributed by atoms with E-state index >= 15 is 4.79 Å². The quantitative estimate of drug-likeness (QED) is 0.0861. The van der Waals surface area contributed by atoms with Gasteiger partial charge >= 0.3 is 17.8 Å². The highest BCUT2D eigenvalue weighted by molar-refractivity contribution is 8.00. The van der Waals surface area contributed by atoms with Crippen molar-refractivity contribution in [1.82, 2.24) is 15.5 Å². The Hall–Kier alpha value is -6.79. The maximum atomic E-state index is 15.1. The maximum Gasteiger partial charge on any atom is 0.408 e. The fourth-order valence-corrected chi connectivity index (χ4v) is 9.50. The summed E-state index contributed by atoms with van der Waals surface area (Å²) in [6, 6.07) is 42.6. The molecule has 0 spiro atoms. The van der Waals surface area contributed by atoms with Gasteiger partial charge in [0, 0.05) is 34.6 Å². The van der Waals surface area contributed by atoms with E-state index in [1.54, 1.807) is 26.8 Å². The minimum Gasteiger partial charge on any atom is -0.448 e. The summed E-state index contributed by atoms with van der Waals surface area (Å²) in [5.41, 5.74) is 4.21. The lowest BCUT2D eigenvalue weighted by Gasteiger charge is -2.50. The van der Waals surface area contributed by atoms with Crippen molar-refractivity contribution in [2.75, 3.05) is 12.3 Å². The first-order valence-corrected chi connectivity index (χ1v) is 21.2. The number of nitrogens with zero attached hydrogens (tertiary/aromatic N) is 1. The smallest absolute Gasteiger partial charge is 0.408 e. The highest BCUT2D eigenvalue weighted by Crippen LogP contribution is 2.51. The molecule has 11 nitrogen and oxygen atoms in total. The van der Waals surface area contributed by atoms with E-state index in [2.05, 4.69) is 10.6 Å². The number of nitrogens with one attached hydrogen (secondary N) is 2. The van der Waals surface area contributed by atoms with Crippen molar-refractivity contribution in [2.45, 2.75) is 56.1 Å². The van der Waals surface area contributed by atoms with Crippen LogP contribution >= 0.6 is 11.8 Å². The van der Waals surface area contributed by atoms with E-state index < -0.39 is 46.9 Å². The van der Waals surface area contributed by atoms with Gasteiger partial charge < -0.3 is 29.6 Å². The van der Waals surface area contributed by atoms with Gasteiger partial charge in [-0.2, -0.15) is 0 Å². The number of alkyl carbamates (subject to hydrolysis) is 1. The molecule has 9 rings (SSSR count). The third kappa shape index (κ3) is 7.52. The lowest BCUT2D eigenvalue weighted by molar-refractivity contribution is -0.153. The summed E-state index contributed by atoms with van der Waals surface area (Å²) >= 11 is 1.38. The molecule has 0 unspecified atom stereocenters. The van der Waals surface area contributed by atoms with E-state index in [0.717, 1.165) is 22.3 Å². The lowest BCUT2D eigenvalue weighted by Crippen LogP contribution is -2.70. The number of amides is 3. The minimum atomic E-state index is -1.30. The summed E-state index contributed by atoms with van der Waals surface area (Å²) in [7, 11) is 0. The summed E-state index contributed by atoms with van der Waals surface area (Å²) in [6.45, 7) is 5.61. The summed E-state index contributed by atoms with van der Waals surface area (Å²) in [6.07, 6.45) is -1.20. The van der Waals surface area contributed by atoms with Crippen LogP contribution in [0.25, 0.3) is 5.57 Å². The van der Waals surface area contributed by atoms with Gasteiger partial charge in [-0.05, 0) is 61.6 Å². The molecule has 0 aliphatic carbocycles. The second-order valence-corrected chi connectivity index (χ2v) is 17.1. The summed E-state index contributed by atoms with van der Waals surface area (Å²) in [5, 5.41) is 5.00. The normalized spacial score (nSPS) is 19.8. The first-order valence-electron chi connectivity index (χ1n) is 20.1. The van der Waals surface area contributed by atoms with Gasteiger partial charge in [0.2, 0.25) is 5.91 Å². The predicted octanol–water partition coefficient (Wildman–Crippen LogP) is 8.03. The number of thioether (sulfide) groups is 1. The standard InChI is InChI=1S/C49H43N3O8S/c1-48(2,3)60-47(56)51-40-44(54)52-41(46(55)57-42(30-16-8-4-9-17-30)31-18-10-5-11-19-31)36(29-61-45(40)52)39(35-26-27-50-43(35)53)32-24-25-37-38(28-32)59-49(58-37,33-20-12-6-13-21-33)34-22-14-7-15-23-34/h4-25,28,40,42,45H,26-27,29H2,1-3H3,(H,50,53)(H,51,56)/t40-,45-/m1/s1. The number of esters is 1. The molecule has 2 fully saturated rings. The Kier molecular flexibility index (Phi) is 10.4. The third-order valence-electron chi connectivity index (χ3n) is 10.8. The summed E-state index contributed by atoms with van der Waals surface area (Å²) < 4.78 is 25.5. The van der Waals surface area contributed by atoms with Crippen LogP contribution in [-0.4, -0.2) is 58.1 Å². The fourth-order valence-electron chi connectivity index (χ4n) is 8.15. The number of β-lactam (4-membered cyclic amide) rings is 1. The molecule has 5 aromatic rings. The average molecular weight is 834 g/mol. The number of fused-ring (bicyclic) bond motifs is 2. The zero-order valence-electron chi connectivity index (χ0n) is 33.8. The van der Waals surface area contributed by atoms with Gasteiger partial charge in [-0.3, -0.25) is 14.5 Å². The molecule has 2 atom stereocenters. The Morgan fingerprint density at radius 1 is 0.803 bits per heavy atom. The van der Waals surface area contributed by atoms with Crippen molar-refractivity contribution in [3.8, 4) is 11.5 Å². The molecule has 2 saturated heterocycles. The molecule has 4 aliphatic heterocycles. The van der Waals surface area contributed by atoms with Crippen LogP contribution in [0.3, 0.4) is 0 Å². The molecular formula is C49H43N3O8S. The lowest BCUT2D eigenvalue weighted by atomic mass is 9.89. The Labute approximate surface area is 357 Å². The topological polar surface area (TPSA) is 133 Å². The molecule has 61 heavy (non-hydrogen) atoms. The molecule has 0 radical (unpaired) electrons. The molecular weight excluding hydrogens is 791 g/mol. The minimum absolute atomic E-state index is 0.00404. The van der Waals surface area contributed by atoms with Crippen molar-refractivity contribution in [3.63, 3.8) is 0 Å². The highest BCUT2D eigenvalue weighted by atomic mass is 32.2. The maximum absolute atomic E-state index is 15.1. The van der Waals surface area contributed by atoms with Crippen LogP contribution in [0, 0.1) is 0 Å². The zero-order chi connectivity index (χ0) is 42.3. The Morgan fingerprint density at radius 2 is 1.38 bits per heavy atom. The molecule has 3 amide bonds. The van der Waals surface area contributed by atoms with Crippen molar-refractivity contribution in [2.24, 2.45) is 0 Å². The number of hydrogen-bond donors (Lipinski definition) is 2. The van der Waals surface area contributed by atoms with Crippen LogP contribution in [0.4, 0.5) is 4.79 Å². The van der Waals surface area contributed by atoms with Crippen LogP contribution in [0.5, 0.6) is 11.5 Å². The first-order chi connectivity index (χ1) is 29.5. The fraction of sp³-hybridized carbons (Fsp3) is 0.224. The first kappa shape index (κ1) is 39.7. The number of benzene rings is 5. The van der Waals surface area contributed by atoms with Gasteiger partial charge in [0.05, 0.1) is 0 Å². The second-order valence-electron chi connectivity index (χ2n) is 16.0. The highest BCUT2D eigenvalue weighted by Gasteiger charge is 2.56. The predicted molar refractivity (Wildman–Crippen MR) is 230 cm³/mol. The number of allylic oxidation sites excluding steroid dienone is 1. The van der Waals surface area contributed by atoms with Gasteiger partial charge in [-0.15, -0.1) is 11.8 Å². The van der Waals surface area contributed by atoms with Crippen molar-refractivity contribution in [3.05, 3.63) is 184 Å². The zero-order valence-corrected chi connectivity index (χ0v) is 34.6. The molecule has 0 aromatic heterocycles. The van der Waals surface area contributed by atoms with E-state index in [4.69, 9.17) is 18.9 Å². The monoisotopic (exact) mass is 833 g/mol. The molecule has 5 aromatic carbocycles. The third-order valence-corrected chi connectivity index (χ3v) is 12.1. The molecule has 12 heteroatoms. The number of hydrogen-bond acceptors (Lipinski definition) is 9. The van der Waals surface area contributed by atoms with Crippen LogP contribution in [-0.2, 0) is 29.6 Å². The number of ether oxygens (including phenoxy) is 4. The van der Waals surface area contributed by atoms with Gasteiger partial charge in [-0.1, -0.05) is 127 Å². The molecule has 4 heterocycles. The molecule has 308 valence electrons. The average Bonchev–Trinajstić information content (AvgIpc) is 3.89. The van der Waals surface area contributed by atoms with E-state index in [1.807, 2.05) is 133 Å². The van der Waals surface area contributed by atoms with Crippen molar-refractivity contribution < 1.29 is 38.1 Å². The van der Waals surface area contributed by atoms with Crippen molar-refractivity contribution in [1.29, 1.82) is 0 Å². The Balaban J connectivity index is 1.17. The summed E-state index contributed by atoms with van der Waals surface area (Å²) in [5.74, 6) is -1.72. The van der Waals surface area contributed by atoms with E-state index in [9.17, 15) is 14.4 Å². The van der Waals surface area contributed by atoms with Crippen LogP contribution in [0.1, 0.15) is 61.1 Å². The van der Waals surface area contributed by atoms with Crippen molar-refractivity contribution >= 4 is 41.2 Å². The van der Waals surface area contributed by atoms with Gasteiger partial charge in [0.1, 0.15) is 22.7 Å². The van der Waals surface area contributed by atoms with Gasteiger partial charge in [0.15, 0.2) is 17.6 Å². The second kappa shape index (κ2) is 16.0. The van der Waals surface area contributed by atoms with Crippen LogP contribution < -0.4 is 20.1 Å². The van der Waals surface area contributed by atoms with Gasteiger partial charge in [0.25, 0.3) is 5.91 Å². The van der Waals surface area contributed by atoms with E-state index in [-0.39, 0.29) is 17.4 Å². The number of carbonyl (C=O) groups is 4. The molecule has 2 N–H and O–H groups in total. The number of carbonyl (C=O) groups excluding carboxylic acids is 4. The van der Waals surface area contributed by atoms with E-state index in [0.29, 0.717) is 46.7 Å². The Bertz CT molecular complexity index is 2500. The molecule has 0 bridgehead atoms.